The van der Waals surface area contributed by atoms with E-state index in [0.717, 1.165) is 28.3 Å². The second kappa shape index (κ2) is 7.83. The fourth-order valence-electron chi connectivity index (χ4n) is 3.42. The van der Waals surface area contributed by atoms with Crippen molar-refractivity contribution in [3.63, 3.8) is 0 Å². The van der Waals surface area contributed by atoms with Gasteiger partial charge in [0.25, 0.3) is 5.91 Å². The van der Waals surface area contributed by atoms with Crippen LogP contribution in [0.1, 0.15) is 21.7 Å². The molecule has 8 heteroatoms. The van der Waals surface area contributed by atoms with Crippen LogP contribution in [0.3, 0.4) is 0 Å². The fourth-order valence-corrected chi connectivity index (χ4v) is 3.42. The molecule has 5 aromatic rings. The summed E-state index contributed by atoms with van der Waals surface area (Å²) in [5.74, 6) is 0.553. The van der Waals surface area contributed by atoms with E-state index < -0.39 is 0 Å². The number of hydrogen-bond donors (Lipinski definition) is 1. The summed E-state index contributed by atoms with van der Waals surface area (Å²) >= 11 is 0. The van der Waals surface area contributed by atoms with Gasteiger partial charge in [-0.15, -0.1) is 10.2 Å². The molecule has 0 atom stereocenters. The Labute approximate surface area is 178 Å². The fraction of sp³-hybridized carbons (Fsp3) is 0.0870. The monoisotopic (exact) mass is 409 g/mol. The molecule has 1 aromatic carbocycles. The number of nitrogens with one attached hydrogen (secondary N) is 1. The van der Waals surface area contributed by atoms with Crippen LogP contribution < -0.4 is 5.32 Å². The third kappa shape index (κ3) is 3.66. The summed E-state index contributed by atoms with van der Waals surface area (Å²) in [6.07, 6.45) is 7.15. The zero-order valence-electron chi connectivity index (χ0n) is 16.8. The van der Waals surface area contributed by atoms with Crippen molar-refractivity contribution in [1.29, 1.82) is 0 Å². The van der Waals surface area contributed by atoms with Crippen molar-refractivity contribution in [2.45, 2.75) is 13.5 Å². The Morgan fingerprint density at radius 2 is 1.77 bits per heavy atom. The lowest BCUT2D eigenvalue weighted by Crippen LogP contribution is -2.23. The molecule has 4 aromatic heterocycles. The molecule has 152 valence electrons. The van der Waals surface area contributed by atoms with Crippen LogP contribution in [-0.2, 0) is 6.54 Å². The first-order valence-corrected chi connectivity index (χ1v) is 9.83. The van der Waals surface area contributed by atoms with Gasteiger partial charge in [-0.05, 0) is 43.3 Å². The van der Waals surface area contributed by atoms with Crippen molar-refractivity contribution < 1.29 is 4.79 Å². The predicted molar refractivity (Wildman–Crippen MR) is 116 cm³/mol. The van der Waals surface area contributed by atoms with Crippen LogP contribution in [0.25, 0.3) is 22.6 Å². The Morgan fingerprint density at radius 3 is 2.58 bits per heavy atom. The molecule has 5 rings (SSSR count). The lowest BCUT2D eigenvalue weighted by molar-refractivity contribution is 0.0950. The summed E-state index contributed by atoms with van der Waals surface area (Å²) in [6, 6.07) is 17.2. The molecule has 1 amide bonds. The Bertz CT molecular complexity index is 1360. The van der Waals surface area contributed by atoms with Crippen molar-refractivity contribution in [3.05, 3.63) is 96.3 Å². The number of carbonyl (C=O) groups is 1. The highest BCUT2D eigenvalue weighted by molar-refractivity contribution is 5.94. The van der Waals surface area contributed by atoms with Gasteiger partial charge in [0, 0.05) is 42.5 Å². The quantitative estimate of drug-likeness (QED) is 0.481. The van der Waals surface area contributed by atoms with Crippen LogP contribution in [0.2, 0.25) is 0 Å². The number of aryl methyl sites for hydroxylation is 1. The molecule has 8 nitrogen and oxygen atoms in total. The second-order valence-corrected chi connectivity index (χ2v) is 7.09. The van der Waals surface area contributed by atoms with Gasteiger partial charge in [0.15, 0.2) is 5.65 Å². The molecule has 0 aliphatic rings. The van der Waals surface area contributed by atoms with Crippen LogP contribution in [0.4, 0.5) is 0 Å². The summed E-state index contributed by atoms with van der Waals surface area (Å²) < 4.78 is 3.62. The van der Waals surface area contributed by atoms with Crippen molar-refractivity contribution in [2.75, 3.05) is 0 Å². The highest BCUT2D eigenvalue weighted by atomic mass is 16.1. The molecule has 0 fully saturated rings. The highest BCUT2D eigenvalue weighted by Gasteiger charge is 2.15. The number of benzene rings is 1. The molecule has 0 aliphatic heterocycles. The van der Waals surface area contributed by atoms with Gasteiger partial charge in [0.05, 0.1) is 16.9 Å². The minimum absolute atomic E-state index is 0.178. The first-order chi connectivity index (χ1) is 15.2. The van der Waals surface area contributed by atoms with Crippen LogP contribution in [0.5, 0.6) is 0 Å². The molecular weight excluding hydrogens is 390 g/mol. The van der Waals surface area contributed by atoms with Gasteiger partial charge in [-0.2, -0.15) is 5.10 Å². The number of aromatic nitrogens is 6. The summed E-state index contributed by atoms with van der Waals surface area (Å²) in [6.45, 7) is 2.18. The van der Waals surface area contributed by atoms with Gasteiger partial charge in [-0.3, -0.25) is 14.2 Å². The Hall–Kier alpha value is -4.33. The minimum atomic E-state index is -0.178. The maximum atomic E-state index is 12.8. The normalized spacial score (nSPS) is 11.0. The number of fused-ring (bicyclic) bond motifs is 1. The number of nitrogens with zero attached hydrogens (tertiary/aromatic N) is 6. The number of amides is 1. The third-order valence-corrected chi connectivity index (χ3v) is 5.04. The predicted octanol–water partition coefficient (Wildman–Crippen LogP) is 3.22. The highest BCUT2D eigenvalue weighted by Crippen LogP contribution is 2.23. The minimum Gasteiger partial charge on any atom is -0.348 e. The number of pyridine rings is 2. The molecule has 1 N–H and O–H groups in total. The number of rotatable bonds is 5. The first-order valence-electron chi connectivity index (χ1n) is 9.83. The van der Waals surface area contributed by atoms with E-state index in [1.54, 1.807) is 35.1 Å². The molecule has 31 heavy (non-hydrogen) atoms. The summed E-state index contributed by atoms with van der Waals surface area (Å²) in [5.41, 5.74) is 4.84. The largest absolute Gasteiger partial charge is 0.348 e. The van der Waals surface area contributed by atoms with Crippen LogP contribution in [0.15, 0.2) is 79.4 Å². The average molecular weight is 409 g/mol. The summed E-state index contributed by atoms with van der Waals surface area (Å²) in [5, 5.41) is 15.9. The first kappa shape index (κ1) is 18.7. The third-order valence-electron chi connectivity index (χ3n) is 5.04. The van der Waals surface area contributed by atoms with Gasteiger partial charge in [0.1, 0.15) is 5.82 Å². The maximum Gasteiger partial charge on any atom is 0.253 e. The van der Waals surface area contributed by atoms with Crippen LogP contribution in [-0.4, -0.2) is 35.3 Å². The second-order valence-electron chi connectivity index (χ2n) is 7.09. The van der Waals surface area contributed by atoms with E-state index in [1.807, 2.05) is 60.3 Å². The molecule has 0 unspecified atom stereocenters. The Kier molecular flexibility index (Phi) is 4.72. The molecule has 0 saturated carbocycles. The van der Waals surface area contributed by atoms with Gasteiger partial charge in [0.2, 0.25) is 0 Å². The van der Waals surface area contributed by atoms with Gasteiger partial charge in [-0.25, -0.2) is 4.68 Å². The van der Waals surface area contributed by atoms with E-state index in [9.17, 15) is 4.79 Å². The zero-order chi connectivity index (χ0) is 21.2. The van der Waals surface area contributed by atoms with E-state index in [1.165, 1.54) is 0 Å². The lowest BCUT2D eigenvalue weighted by Gasteiger charge is -2.06. The summed E-state index contributed by atoms with van der Waals surface area (Å²) in [7, 11) is 0. The van der Waals surface area contributed by atoms with E-state index in [4.69, 9.17) is 5.10 Å². The van der Waals surface area contributed by atoms with E-state index >= 15 is 0 Å². The number of para-hydroxylation sites is 1. The summed E-state index contributed by atoms with van der Waals surface area (Å²) in [4.78, 5) is 16.9. The zero-order valence-corrected chi connectivity index (χ0v) is 16.8. The molecule has 0 aliphatic carbocycles. The standard InChI is InChI=1S/C23H19N7O/c1-16-26-27-21-8-7-18(14-29(16)21)23(31)25-13-19-15-30(20-5-3-2-4-6-20)28-22(19)17-9-11-24-12-10-17/h2-12,14-15H,13H2,1H3,(H,25,31). The van der Waals surface area contributed by atoms with E-state index in [-0.39, 0.29) is 5.91 Å². The molecule has 0 radical (unpaired) electrons. The topological polar surface area (TPSA) is 90.0 Å². The average Bonchev–Trinajstić information content (AvgIpc) is 3.42. The van der Waals surface area contributed by atoms with Gasteiger partial charge < -0.3 is 5.32 Å². The van der Waals surface area contributed by atoms with Crippen molar-refractivity contribution in [1.82, 2.24) is 34.7 Å². The van der Waals surface area contributed by atoms with E-state index in [0.29, 0.717) is 17.8 Å². The van der Waals surface area contributed by atoms with Gasteiger partial charge in [-0.1, -0.05) is 18.2 Å². The maximum absolute atomic E-state index is 12.8. The number of carbonyl (C=O) groups excluding carboxylic acids is 1. The SMILES string of the molecule is Cc1nnc2ccc(C(=O)NCc3cn(-c4ccccc4)nc3-c3ccncc3)cn12. The van der Waals surface area contributed by atoms with Crippen LogP contribution >= 0.6 is 0 Å². The van der Waals surface area contributed by atoms with Gasteiger partial charge >= 0.3 is 0 Å². The Morgan fingerprint density at radius 1 is 0.968 bits per heavy atom. The van der Waals surface area contributed by atoms with Crippen LogP contribution in [0, 0.1) is 6.92 Å². The van der Waals surface area contributed by atoms with E-state index in [2.05, 4.69) is 20.5 Å². The van der Waals surface area contributed by atoms with Crippen molar-refractivity contribution in [2.24, 2.45) is 0 Å². The van der Waals surface area contributed by atoms with Crippen molar-refractivity contribution >= 4 is 11.6 Å². The molecular formula is C23H19N7O. The Balaban J connectivity index is 1.44. The molecule has 0 bridgehead atoms. The number of hydrogen-bond acceptors (Lipinski definition) is 5. The molecule has 4 heterocycles. The molecule has 0 saturated heterocycles. The van der Waals surface area contributed by atoms with Crippen molar-refractivity contribution in [3.8, 4) is 16.9 Å². The smallest absolute Gasteiger partial charge is 0.253 e. The molecule has 0 spiro atoms. The lowest BCUT2D eigenvalue weighted by atomic mass is 10.1.